The Morgan fingerprint density at radius 1 is 1.38 bits per heavy atom. The van der Waals surface area contributed by atoms with Crippen molar-refractivity contribution in [1.29, 1.82) is 0 Å². The molecule has 2 N–H and O–H groups in total. The summed E-state index contributed by atoms with van der Waals surface area (Å²) in [5, 5.41) is 12.1. The number of piperidine rings is 1. The van der Waals surface area contributed by atoms with Gasteiger partial charge in [-0.2, -0.15) is 0 Å². The molecule has 0 aromatic heterocycles. The van der Waals surface area contributed by atoms with Crippen LogP contribution in [0.3, 0.4) is 0 Å². The third-order valence-electron chi connectivity index (χ3n) is 2.81. The molecule has 0 aromatic carbocycles. The molecule has 2 heterocycles. The standard InChI is InChI=1S/C9H15NO3/c11-9(12)3-6-1-7-4-13-5-8(2-6)10-7/h6-8,10H,1-5H2,(H,11,12)/t6?,7-,8?/m0/s1. The Morgan fingerprint density at radius 3 is 2.54 bits per heavy atom. The lowest BCUT2D eigenvalue weighted by atomic mass is 9.85. The number of fused-ring (bicyclic) bond motifs is 2. The Morgan fingerprint density at radius 2 is 2.00 bits per heavy atom. The summed E-state index contributed by atoms with van der Waals surface area (Å²) in [6, 6.07) is 0.772. The summed E-state index contributed by atoms with van der Waals surface area (Å²) in [5.74, 6) is -0.330. The largest absolute Gasteiger partial charge is 0.481 e. The maximum absolute atomic E-state index is 10.5. The van der Waals surface area contributed by atoms with E-state index in [0.717, 1.165) is 26.1 Å². The second-order valence-electron chi connectivity index (χ2n) is 4.03. The normalized spacial score (nSPS) is 38.6. The fourth-order valence-corrected chi connectivity index (χ4v) is 2.37. The Balaban J connectivity index is 1.90. The third-order valence-corrected chi connectivity index (χ3v) is 2.81. The summed E-state index contributed by atoms with van der Waals surface area (Å²) in [5.41, 5.74) is 0. The smallest absolute Gasteiger partial charge is 0.303 e. The van der Waals surface area contributed by atoms with Crippen LogP contribution in [0.15, 0.2) is 0 Å². The maximum atomic E-state index is 10.5. The lowest BCUT2D eigenvalue weighted by Gasteiger charge is -2.39. The minimum atomic E-state index is -0.675. The number of carboxylic acids is 1. The topological polar surface area (TPSA) is 58.6 Å². The summed E-state index contributed by atoms with van der Waals surface area (Å²) in [7, 11) is 0. The third kappa shape index (κ3) is 2.19. The average molecular weight is 185 g/mol. The Kier molecular flexibility index (Phi) is 2.51. The fourth-order valence-electron chi connectivity index (χ4n) is 2.37. The van der Waals surface area contributed by atoms with E-state index < -0.39 is 5.97 Å². The molecule has 2 aliphatic heterocycles. The molecule has 2 rings (SSSR count). The van der Waals surface area contributed by atoms with Crippen molar-refractivity contribution in [2.24, 2.45) is 5.92 Å². The van der Waals surface area contributed by atoms with Crippen molar-refractivity contribution < 1.29 is 14.6 Å². The molecule has 4 heteroatoms. The van der Waals surface area contributed by atoms with E-state index in [2.05, 4.69) is 5.32 Å². The molecule has 0 amide bonds. The van der Waals surface area contributed by atoms with Crippen molar-refractivity contribution in [2.75, 3.05) is 13.2 Å². The molecule has 13 heavy (non-hydrogen) atoms. The highest BCUT2D eigenvalue weighted by Crippen LogP contribution is 2.26. The van der Waals surface area contributed by atoms with Gasteiger partial charge in [0.2, 0.25) is 0 Å². The molecule has 2 saturated heterocycles. The van der Waals surface area contributed by atoms with Gasteiger partial charge in [-0.1, -0.05) is 0 Å². The summed E-state index contributed by atoms with van der Waals surface area (Å²) < 4.78 is 5.38. The van der Waals surface area contributed by atoms with E-state index in [0.29, 0.717) is 24.4 Å². The monoisotopic (exact) mass is 185 g/mol. The van der Waals surface area contributed by atoms with Crippen molar-refractivity contribution in [3.8, 4) is 0 Å². The molecule has 74 valence electrons. The molecule has 2 aliphatic rings. The number of hydrogen-bond acceptors (Lipinski definition) is 3. The van der Waals surface area contributed by atoms with Crippen LogP contribution in [0.1, 0.15) is 19.3 Å². The van der Waals surface area contributed by atoms with Crippen LogP contribution < -0.4 is 5.32 Å². The van der Waals surface area contributed by atoms with Gasteiger partial charge in [0.25, 0.3) is 0 Å². The Bertz CT molecular complexity index is 195. The number of morpholine rings is 1. The first-order valence-electron chi connectivity index (χ1n) is 4.79. The molecular formula is C9H15NO3. The van der Waals surface area contributed by atoms with Crippen LogP contribution in [0.25, 0.3) is 0 Å². The van der Waals surface area contributed by atoms with Crippen LogP contribution in [-0.4, -0.2) is 36.4 Å². The predicted octanol–water partition coefficient (Wildman–Crippen LogP) is 0.228. The van der Waals surface area contributed by atoms with Crippen LogP contribution in [0.4, 0.5) is 0 Å². The van der Waals surface area contributed by atoms with Gasteiger partial charge < -0.3 is 15.2 Å². The van der Waals surface area contributed by atoms with Crippen LogP contribution in [-0.2, 0) is 9.53 Å². The number of hydrogen-bond donors (Lipinski definition) is 2. The molecule has 3 atom stereocenters. The average Bonchev–Trinajstić information content (AvgIpc) is 2.01. The number of carbonyl (C=O) groups is 1. The molecular weight excluding hydrogens is 170 g/mol. The van der Waals surface area contributed by atoms with E-state index in [1.54, 1.807) is 0 Å². The first-order valence-corrected chi connectivity index (χ1v) is 4.79. The van der Waals surface area contributed by atoms with Crippen LogP contribution in [0, 0.1) is 5.92 Å². The molecule has 0 saturated carbocycles. The van der Waals surface area contributed by atoms with E-state index >= 15 is 0 Å². The van der Waals surface area contributed by atoms with Gasteiger partial charge in [-0.3, -0.25) is 4.79 Å². The van der Waals surface area contributed by atoms with Crippen molar-refractivity contribution in [2.45, 2.75) is 31.3 Å². The van der Waals surface area contributed by atoms with Gasteiger partial charge in [0.05, 0.1) is 13.2 Å². The molecule has 0 spiro atoms. The summed E-state index contributed by atoms with van der Waals surface area (Å²) in [6.45, 7) is 1.49. The minimum absolute atomic E-state index is 0.314. The van der Waals surface area contributed by atoms with E-state index in [1.807, 2.05) is 0 Å². The highest BCUT2D eigenvalue weighted by atomic mass is 16.5. The van der Waals surface area contributed by atoms with E-state index in [4.69, 9.17) is 9.84 Å². The zero-order valence-electron chi connectivity index (χ0n) is 7.53. The molecule has 2 bridgehead atoms. The molecule has 4 nitrogen and oxygen atoms in total. The second kappa shape index (κ2) is 3.64. The van der Waals surface area contributed by atoms with E-state index in [-0.39, 0.29) is 0 Å². The molecule has 2 fully saturated rings. The lowest BCUT2D eigenvalue weighted by Crippen LogP contribution is -2.54. The molecule has 0 aromatic rings. The van der Waals surface area contributed by atoms with Crippen molar-refractivity contribution >= 4 is 5.97 Å². The van der Waals surface area contributed by atoms with Crippen molar-refractivity contribution in [3.05, 3.63) is 0 Å². The lowest BCUT2D eigenvalue weighted by molar-refractivity contribution is -0.138. The zero-order chi connectivity index (χ0) is 9.26. The van der Waals surface area contributed by atoms with E-state index in [9.17, 15) is 4.79 Å². The Labute approximate surface area is 77.3 Å². The number of nitrogens with one attached hydrogen (secondary N) is 1. The van der Waals surface area contributed by atoms with E-state index in [1.165, 1.54) is 0 Å². The first kappa shape index (κ1) is 8.97. The van der Waals surface area contributed by atoms with Crippen molar-refractivity contribution in [1.82, 2.24) is 5.32 Å². The second-order valence-corrected chi connectivity index (χ2v) is 4.03. The summed E-state index contributed by atoms with van der Waals surface area (Å²) >= 11 is 0. The number of carboxylic acid groups (broad SMARTS) is 1. The molecule has 2 unspecified atom stereocenters. The van der Waals surface area contributed by atoms with Crippen LogP contribution in [0.2, 0.25) is 0 Å². The SMILES string of the molecule is O=C(O)CC1CC2COC[C@H](C1)N2. The molecule has 0 aliphatic carbocycles. The quantitative estimate of drug-likeness (QED) is 0.646. The van der Waals surface area contributed by atoms with Gasteiger partial charge in [-0.05, 0) is 18.8 Å². The van der Waals surface area contributed by atoms with Gasteiger partial charge in [0, 0.05) is 18.5 Å². The van der Waals surface area contributed by atoms with Gasteiger partial charge in [0.1, 0.15) is 0 Å². The van der Waals surface area contributed by atoms with Gasteiger partial charge in [-0.15, -0.1) is 0 Å². The van der Waals surface area contributed by atoms with Gasteiger partial charge in [-0.25, -0.2) is 0 Å². The fraction of sp³-hybridized carbons (Fsp3) is 0.889. The summed E-state index contributed by atoms with van der Waals surface area (Å²) in [4.78, 5) is 10.5. The first-order chi connectivity index (χ1) is 6.24. The maximum Gasteiger partial charge on any atom is 0.303 e. The molecule has 0 radical (unpaired) electrons. The predicted molar refractivity (Wildman–Crippen MR) is 46.5 cm³/mol. The number of ether oxygens (including phenoxy) is 1. The van der Waals surface area contributed by atoms with Gasteiger partial charge >= 0.3 is 5.97 Å². The van der Waals surface area contributed by atoms with Crippen LogP contribution in [0.5, 0.6) is 0 Å². The highest BCUT2D eigenvalue weighted by molar-refractivity contribution is 5.67. The summed E-state index contributed by atoms with van der Waals surface area (Å²) in [6.07, 6.45) is 2.21. The Hall–Kier alpha value is -0.610. The number of rotatable bonds is 2. The number of aliphatic carboxylic acids is 1. The van der Waals surface area contributed by atoms with Crippen molar-refractivity contribution in [3.63, 3.8) is 0 Å². The minimum Gasteiger partial charge on any atom is -0.481 e. The van der Waals surface area contributed by atoms with Gasteiger partial charge in [0.15, 0.2) is 0 Å². The zero-order valence-corrected chi connectivity index (χ0v) is 7.53. The highest BCUT2D eigenvalue weighted by Gasteiger charge is 2.32. The van der Waals surface area contributed by atoms with Crippen LogP contribution >= 0.6 is 0 Å².